The number of hydrogen-bond acceptors (Lipinski definition) is 4. The van der Waals surface area contributed by atoms with Crippen molar-refractivity contribution in [1.82, 2.24) is 10.0 Å². The van der Waals surface area contributed by atoms with Crippen molar-refractivity contribution in [3.63, 3.8) is 0 Å². The van der Waals surface area contributed by atoms with Crippen molar-refractivity contribution >= 4 is 28.3 Å². The highest BCUT2D eigenvalue weighted by Gasteiger charge is 2.21. The predicted molar refractivity (Wildman–Crippen MR) is 93.9 cm³/mol. The molecule has 0 spiro atoms. The minimum absolute atomic E-state index is 0. The van der Waals surface area contributed by atoms with Crippen LogP contribution in [-0.2, 0) is 14.8 Å². The van der Waals surface area contributed by atoms with E-state index < -0.39 is 16.1 Å². The zero-order chi connectivity index (χ0) is 16.9. The van der Waals surface area contributed by atoms with E-state index >= 15 is 0 Å². The third-order valence-electron chi connectivity index (χ3n) is 3.88. The topological polar surface area (TPSA) is 101 Å². The summed E-state index contributed by atoms with van der Waals surface area (Å²) >= 11 is 0. The summed E-state index contributed by atoms with van der Waals surface area (Å²) in [5.74, 6) is -0.0934. The van der Waals surface area contributed by atoms with E-state index in [9.17, 15) is 13.2 Å². The number of carbonyl (C=O) groups is 1. The van der Waals surface area contributed by atoms with Gasteiger partial charge in [0.2, 0.25) is 15.9 Å². The number of hydrogen-bond donors (Lipinski definition) is 3. The molecular weight excluding hydrogens is 338 g/mol. The molecule has 0 heterocycles. The average Bonchev–Trinajstić information content (AvgIpc) is 2.53. The minimum atomic E-state index is -3.45. The van der Waals surface area contributed by atoms with Crippen molar-refractivity contribution in [2.75, 3.05) is 7.05 Å². The molecule has 1 aromatic carbocycles. The Morgan fingerprint density at radius 1 is 1.22 bits per heavy atom. The van der Waals surface area contributed by atoms with Gasteiger partial charge in [0.05, 0.1) is 17.0 Å². The molecule has 0 aliphatic carbocycles. The van der Waals surface area contributed by atoms with Crippen LogP contribution in [0.15, 0.2) is 29.2 Å². The zero-order valence-electron chi connectivity index (χ0n) is 13.9. The lowest BCUT2D eigenvalue weighted by Gasteiger charge is -2.21. The van der Waals surface area contributed by atoms with E-state index in [1.165, 1.54) is 19.2 Å². The summed E-state index contributed by atoms with van der Waals surface area (Å²) in [5, 5.41) is 2.85. The third-order valence-corrected chi connectivity index (χ3v) is 5.31. The monoisotopic (exact) mass is 363 g/mol. The number of halogens is 1. The quantitative estimate of drug-likeness (QED) is 0.684. The van der Waals surface area contributed by atoms with Crippen molar-refractivity contribution in [3.05, 3.63) is 29.8 Å². The Morgan fingerprint density at radius 2 is 1.74 bits per heavy atom. The van der Waals surface area contributed by atoms with E-state index in [4.69, 9.17) is 5.73 Å². The molecule has 6 nitrogen and oxygen atoms in total. The molecule has 1 rings (SSSR count). The zero-order valence-corrected chi connectivity index (χ0v) is 15.5. The molecule has 8 heteroatoms. The molecule has 1 amide bonds. The first-order chi connectivity index (χ1) is 10.2. The lowest BCUT2D eigenvalue weighted by molar-refractivity contribution is -0.124. The Labute approximate surface area is 144 Å². The lowest BCUT2D eigenvalue weighted by Crippen LogP contribution is -2.45. The first-order valence-corrected chi connectivity index (χ1v) is 8.80. The summed E-state index contributed by atoms with van der Waals surface area (Å²) in [6.07, 6.45) is 0.833. The molecule has 0 radical (unpaired) electrons. The van der Waals surface area contributed by atoms with Crippen LogP contribution in [0.3, 0.4) is 0 Å². The first-order valence-electron chi connectivity index (χ1n) is 7.32. The maximum absolute atomic E-state index is 12.1. The van der Waals surface area contributed by atoms with Gasteiger partial charge in [0.15, 0.2) is 0 Å². The van der Waals surface area contributed by atoms with E-state index in [2.05, 4.69) is 10.0 Å². The second-order valence-corrected chi connectivity index (χ2v) is 7.30. The second kappa shape index (κ2) is 9.22. The van der Waals surface area contributed by atoms with Crippen molar-refractivity contribution in [3.8, 4) is 0 Å². The number of carbonyl (C=O) groups excluding carboxylic acids is 1. The van der Waals surface area contributed by atoms with Gasteiger partial charge in [-0.2, -0.15) is 0 Å². The van der Waals surface area contributed by atoms with Crippen molar-refractivity contribution < 1.29 is 13.2 Å². The van der Waals surface area contributed by atoms with Gasteiger partial charge in [-0.1, -0.05) is 32.4 Å². The van der Waals surface area contributed by atoms with Crippen LogP contribution in [0.4, 0.5) is 0 Å². The SMILES string of the molecule is CCC(C)C(N)C(=O)NC(C)c1ccc(S(=O)(=O)NC)cc1.Cl. The number of benzene rings is 1. The van der Waals surface area contributed by atoms with E-state index in [0.29, 0.717) is 0 Å². The molecule has 0 aromatic heterocycles. The van der Waals surface area contributed by atoms with Crippen LogP contribution in [0, 0.1) is 5.92 Å². The summed E-state index contributed by atoms with van der Waals surface area (Å²) in [7, 11) is -2.09. The van der Waals surface area contributed by atoms with Crippen LogP contribution in [0.1, 0.15) is 38.8 Å². The van der Waals surface area contributed by atoms with Crippen LogP contribution in [0.5, 0.6) is 0 Å². The van der Waals surface area contributed by atoms with Crippen LogP contribution in [0.2, 0.25) is 0 Å². The van der Waals surface area contributed by atoms with Gasteiger partial charge in [0, 0.05) is 0 Å². The van der Waals surface area contributed by atoms with Gasteiger partial charge in [-0.15, -0.1) is 12.4 Å². The molecule has 4 N–H and O–H groups in total. The number of rotatable bonds is 7. The van der Waals surface area contributed by atoms with Gasteiger partial charge < -0.3 is 11.1 Å². The summed E-state index contributed by atoms with van der Waals surface area (Å²) in [4.78, 5) is 12.2. The summed E-state index contributed by atoms with van der Waals surface area (Å²) in [6.45, 7) is 5.76. The minimum Gasteiger partial charge on any atom is -0.348 e. The highest BCUT2D eigenvalue weighted by atomic mass is 35.5. The van der Waals surface area contributed by atoms with Crippen LogP contribution < -0.4 is 15.8 Å². The maximum atomic E-state index is 12.1. The molecule has 132 valence electrons. The predicted octanol–water partition coefficient (Wildman–Crippen LogP) is 1.57. The molecule has 1 aromatic rings. The lowest BCUT2D eigenvalue weighted by atomic mass is 9.98. The molecule has 0 aliphatic heterocycles. The number of amides is 1. The maximum Gasteiger partial charge on any atom is 0.240 e. The van der Waals surface area contributed by atoms with Crippen LogP contribution in [0.25, 0.3) is 0 Å². The van der Waals surface area contributed by atoms with Gasteiger partial charge in [-0.25, -0.2) is 13.1 Å². The van der Waals surface area contributed by atoms with Crippen molar-refractivity contribution in [1.29, 1.82) is 0 Å². The standard InChI is InChI=1S/C15H25N3O3S.ClH/c1-5-10(2)14(16)15(19)18-11(3)12-6-8-13(9-7-12)22(20,21)17-4;/h6-11,14,17H,5,16H2,1-4H3,(H,18,19);1H. The van der Waals surface area contributed by atoms with E-state index in [0.717, 1.165) is 12.0 Å². The van der Waals surface area contributed by atoms with Crippen LogP contribution in [-0.4, -0.2) is 27.4 Å². The largest absolute Gasteiger partial charge is 0.348 e. The Morgan fingerprint density at radius 3 is 2.17 bits per heavy atom. The molecule has 0 saturated carbocycles. The third kappa shape index (κ3) is 5.76. The van der Waals surface area contributed by atoms with E-state index in [-0.39, 0.29) is 35.2 Å². The Bertz CT molecular complexity index is 605. The molecule has 0 aliphatic rings. The number of nitrogens with two attached hydrogens (primary N) is 1. The summed E-state index contributed by atoms with van der Waals surface area (Å²) in [6, 6.07) is 5.61. The smallest absolute Gasteiger partial charge is 0.240 e. The molecular formula is C15H26ClN3O3S. The van der Waals surface area contributed by atoms with Gasteiger partial charge in [-0.3, -0.25) is 4.79 Å². The number of sulfonamides is 1. The Balaban J connectivity index is 0.00000484. The van der Waals surface area contributed by atoms with Crippen LogP contribution >= 0.6 is 12.4 Å². The summed E-state index contributed by atoms with van der Waals surface area (Å²) in [5.41, 5.74) is 6.72. The fourth-order valence-electron chi connectivity index (χ4n) is 1.96. The van der Waals surface area contributed by atoms with Gasteiger partial charge in [0.25, 0.3) is 0 Å². The van der Waals surface area contributed by atoms with E-state index in [1.807, 2.05) is 20.8 Å². The highest BCUT2D eigenvalue weighted by molar-refractivity contribution is 7.89. The van der Waals surface area contributed by atoms with Gasteiger partial charge in [-0.05, 0) is 37.6 Å². The van der Waals surface area contributed by atoms with E-state index in [1.54, 1.807) is 12.1 Å². The number of nitrogens with one attached hydrogen (secondary N) is 2. The van der Waals surface area contributed by atoms with Gasteiger partial charge >= 0.3 is 0 Å². The fraction of sp³-hybridized carbons (Fsp3) is 0.533. The normalized spacial score (nSPS) is 15.2. The Hall–Kier alpha value is -1.15. The second-order valence-electron chi connectivity index (χ2n) is 5.42. The summed E-state index contributed by atoms with van der Waals surface area (Å²) < 4.78 is 25.6. The molecule has 0 fully saturated rings. The molecule has 23 heavy (non-hydrogen) atoms. The Kier molecular flexibility index (Phi) is 8.76. The van der Waals surface area contributed by atoms with Gasteiger partial charge in [0.1, 0.15) is 0 Å². The fourth-order valence-corrected chi connectivity index (χ4v) is 2.69. The average molecular weight is 364 g/mol. The first kappa shape index (κ1) is 21.9. The van der Waals surface area contributed by atoms with Crippen molar-refractivity contribution in [2.24, 2.45) is 11.7 Å². The molecule has 3 atom stereocenters. The molecule has 0 bridgehead atoms. The van der Waals surface area contributed by atoms with Crippen molar-refractivity contribution in [2.45, 2.75) is 44.2 Å². The highest BCUT2D eigenvalue weighted by Crippen LogP contribution is 2.17. The molecule has 0 saturated heterocycles. The molecule has 3 unspecified atom stereocenters.